The second kappa shape index (κ2) is 17.3. The van der Waals surface area contributed by atoms with Crippen LogP contribution in [0.15, 0.2) is 24.3 Å². The van der Waals surface area contributed by atoms with Gasteiger partial charge in [0.15, 0.2) is 0 Å². The molecule has 0 heterocycles. The van der Waals surface area contributed by atoms with Crippen molar-refractivity contribution < 1.29 is 9.90 Å². The van der Waals surface area contributed by atoms with Gasteiger partial charge in [-0.2, -0.15) is 0 Å². The van der Waals surface area contributed by atoms with Gasteiger partial charge in [0.2, 0.25) is 0 Å². The molecule has 1 atom stereocenters. The third-order valence-corrected chi connectivity index (χ3v) is 4.26. The molecule has 2 heteroatoms. The van der Waals surface area contributed by atoms with E-state index in [-0.39, 0.29) is 5.92 Å². The maximum absolute atomic E-state index is 10.7. The minimum absolute atomic E-state index is 0.180. The molecule has 0 aliphatic heterocycles. The maximum atomic E-state index is 10.7. The molecule has 0 aromatic carbocycles. The van der Waals surface area contributed by atoms with Gasteiger partial charge in [0, 0.05) is 0 Å². The lowest BCUT2D eigenvalue weighted by Gasteiger charge is -2.05. The number of carbonyl (C=O) groups is 1. The predicted molar refractivity (Wildman–Crippen MR) is 101 cm³/mol. The van der Waals surface area contributed by atoms with Gasteiger partial charge in [-0.1, -0.05) is 83.1 Å². The van der Waals surface area contributed by atoms with Crippen molar-refractivity contribution in [2.24, 2.45) is 5.92 Å². The molecule has 0 bridgehead atoms. The van der Waals surface area contributed by atoms with E-state index in [9.17, 15) is 4.79 Å². The van der Waals surface area contributed by atoms with E-state index >= 15 is 0 Å². The Balaban J connectivity index is 3.23. The van der Waals surface area contributed by atoms with E-state index in [0.29, 0.717) is 0 Å². The fourth-order valence-corrected chi connectivity index (χ4v) is 2.56. The van der Waals surface area contributed by atoms with Crippen LogP contribution in [0, 0.1) is 5.92 Å². The molecule has 1 N–H and O–H groups in total. The number of hydrogen-bond donors (Lipinski definition) is 1. The molecule has 134 valence electrons. The number of hydrogen-bond acceptors (Lipinski definition) is 1. The van der Waals surface area contributed by atoms with Crippen molar-refractivity contribution in [3.05, 3.63) is 24.3 Å². The summed E-state index contributed by atoms with van der Waals surface area (Å²) < 4.78 is 0. The zero-order chi connectivity index (χ0) is 17.2. The topological polar surface area (TPSA) is 37.3 Å². The van der Waals surface area contributed by atoms with Crippen LogP contribution in [0.2, 0.25) is 0 Å². The molecule has 0 saturated carbocycles. The first-order valence-corrected chi connectivity index (χ1v) is 9.71. The van der Waals surface area contributed by atoms with Gasteiger partial charge in [0.25, 0.3) is 0 Å². The molecule has 0 spiro atoms. The Morgan fingerprint density at radius 3 is 1.91 bits per heavy atom. The fourth-order valence-electron chi connectivity index (χ4n) is 2.56. The van der Waals surface area contributed by atoms with Crippen molar-refractivity contribution in [2.75, 3.05) is 0 Å². The summed E-state index contributed by atoms with van der Waals surface area (Å²) in [7, 11) is 0. The quantitative estimate of drug-likeness (QED) is 0.247. The van der Waals surface area contributed by atoms with Crippen LogP contribution in [0.1, 0.15) is 97.3 Å². The number of carboxylic acid groups (broad SMARTS) is 1. The molecular weight excluding hydrogens is 284 g/mol. The van der Waals surface area contributed by atoms with Crippen molar-refractivity contribution >= 4 is 5.97 Å². The number of unbranched alkanes of at least 4 members (excludes halogenated alkanes) is 9. The number of allylic oxidation sites excluding steroid dienone is 4. The van der Waals surface area contributed by atoms with E-state index in [1.807, 2.05) is 0 Å². The molecule has 0 saturated heterocycles. The first-order valence-electron chi connectivity index (χ1n) is 9.71. The van der Waals surface area contributed by atoms with E-state index in [1.54, 1.807) is 6.92 Å². The molecule has 2 nitrogen and oxygen atoms in total. The molecular formula is C21H38O2. The summed E-state index contributed by atoms with van der Waals surface area (Å²) in [6, 6.07) is 0. The minimum atomic E-state index is -0.660. The van der Waals surface area contributed by atoms with E-state index < -0.39 is 5.97 Å². The van der Waals surface area contributed by atoms with Gasteiger partial charge in [-0.15, -0.1) is 0 Å². The highest BCUT2D eigenvalue weighted by molar-refractivity contribution is 5.69. The second-order valence-electron chi connectivity index (χ2n) is 6.61. The molecule has 0 rings (SSSR count). The zero-order valence-electron chi connectivity index (χ0n) is 15.4. The predicted octanol–water partition coefficient (Wildman–Crippen LogP) is 6.91. The van der Waals surface area contributed by atoms with E-state index in [2.05, 4.69) is 31.2 Å². The van der Waals surface area contributed by atoms with Gasteiger partial charge in [-0.3, -0.25) is 4.79 Å². The molecule has 0 aromatic rings. The molecule has 0 aliphatic rings. The van der Waals surface area contributed by atoms with Gasteiger partial charge >= 0.3 is 5.97 Å². The highest BCUT2D eigenvalue weighted by atomic mass is 16.4. The lowest BCUT2D eigenvalue weighted by atomic mass is 10.0. The van der Waals surface area contributed by atoms with Crippen LogP contribution in [0.4, 0.5) is 0 Å². The normalized spacial score (nSPS) is 13.1. The molecule has 0 aliphatic carbocycles. The summed E-state index contributed by atoms with van der Waals surface area (Å²) in [5, 5.41) is 8.80. The lowest BCUT2D eigenvalue weighted by Crippen LogP contribution is -2.08. The monoisotopic (exact) mass is 322 g/mol. The van der Waals surface area contributed by atoms with Crippen molar-refractivity contribution in [3.63, 3.8) is 0 Å². The van der Waals surface area contributed by atoms with Crippen molar-refractivity contribution in [1.82, 2.24) is 0 Å². The van der Waals surface area contributed by atoms with Crippen LogP contribution in [0.25, 0.3) is 0 Å². The van der Waals surface area contributed by atoms with Crippen LogP contribution in [0.3, 0.4) is 0 Å². The first kappa shape index (κ1) is 21.9. The second-order valence-corrected chi connectivity index (χ2v) is 6.61. The van der Waals surface area contributed by atoms with Crippen LogP contribution in [-0.4, -0.2) is 11.1 Å². The Kier molecular flexibility index (Phi) is 16.5. The third kappa shape index (κ3) is 17.1. The van der Waals surface area contributed by atoms with Crippen LogP contribution < -0.4 is 0 Å². The summed E-state index contributed by atoms with van der Waals surface area (Å²) >= 11 is 0. The molecule has 23 heavy (non-hydrogen) atoms. The Morgan fingerprint density at radius 2 is 1.35 bits per heavy atom. The minimum Gasteiger partial charge on any atom is -0.481 e. The SMILES string of the molecule is CCCCCC=CC/C=C\CCCCCCCCC(C)C(=O)O. The van der Waals surface area contributed by atoms with Gasteiger partial charge < -0.3 is 5.11 Å². The summed E-state index contributed by atoms with van der Waals surface area (Å²) in [5.74, 6) is -0.839. The third-order valence-electron chi connectivity index (χ3n) is 4.26. The van der Waals surface area contributed by atoms with Crippen LogP contribution in [0.5, 0.6) is 0 Å². The van der Waals surface area contributed by atoms with Crippen molar-refractivity contribution in [2.45, 2.75) is 97.3 Å². The summed E-state index contributed by atoms with van der Waals surface area (Å²) in [4.78, 5) is 10.7. The average molecular weight is 323 g/mol. The fraction of sp³-hybridized carbons (Fsp3) is 0.762. The molecule has 0 amide bonds. The Labute approximate surface area is 144 Å². The highest BCUT2D eigenvalue weighted by Crippen LogP contribution is 2.13. The molecule has 0 radical (unpaired) electrons. The Bertz CT molecular complexity index is 318. The summed E-state index contributed by atoms with van der Waals surface area (Å²) in [6.07, 6.45) is 24.8. The van der Waals surface area contributed by atoms with Crippen molar-refractivity contribution in [3.8, 4) is 0 Å². The van der Waals surface area contributed by atoms with Crippen molar-refractivity contribution in [1.29, 1.82) is 0 Å². The smallest absolute Gasteiger partial charge is 0.306 e. The van der Waals surface area contributed by atoms with Gasteiger partial charge in [0.1, 0.15) is 0 Å². The first-order chi connectivity index (χ1) is 11.2. The zero-order valence-corrected chi connectivity index (χ0v) is 15.4. The maximum Gasteiger partial charge on any atom is 0.306 e. The molecule has 1 unspecified atom stereocenters. The summed E-state index contributed by atoms with van der Waals surface area (Å²) in [5.41, 5.74) is 0. The van der Waals surface area contributed by atoms with Crippen LogP contribution in [-0.2, 0) is 4.79 Å². The Morgan fingerprint density at radius 1 is 0.826 bits per heavy atom. The Hall–Kier alpha value is -1.05. The van der Waals surface area contributed by atoms with Gasteiger partial charge in [-0.05, 0) is 38.5 Å². The standard InChI is InChI=1S/C21H38O2/c1-3-4-5-6-7-8-9-10-11-12-13-14-15-16-17-18-19-20(2)21(22)23/h7-8,10-11,20H,3-6,9,12-19H2,1-2H3,(H,22,23)/b8-7?,11-10-. The number of carboxylic acids is 1. The van der Waals surface area contributed by atoms with E-state index in [4.69, 9.17) is 5.11 Å². The van der Waals surface area contributed by atoms with Gasteiger partial charge in [0.05, 0.1) is 5.92 Å². The highest BCUT2D eigenvalue weighted by Gasteiger charge is 2.09. The summed E-state index contributed by atoms with van der Waals surface area (Å²) in [6.45, 7) is 4.04. The van der Waals surface area contributed by atoms with Gasteiger partial charge in [-0.25, -0.2) is 0 Å². The number of rotatable bonds is 16. The van der Waals surface area contributed by atoms with Crippen LogP contribution >= 0.6 is 0 Å². The lowest BCUT2D eigenvalue weighted by molar-refractivity contribution is -0.141. The number of aliphatic carboxylic acids is 1. The molecule has 0 aromatic heterocycles. The largest absolute Gasteiger partial charge is 0.481 e. The average Bonchev–Trinajstić information content (AvgIpc) is 2.54. The molecule has 0 fully saturated rings. The van der Waals surface area contributed by atoms with E-state index in [1.165, 1.54) is 64.2 Å². The van der Waals surface area contributed by atoms with E-state index in [0.717, 1.165) is 19.3 Å².